The summed E-state index contributed by atoms with van der Waals surface area (Å²) in [4.78, 5) is 0. The van der Waals surface area contributed by atoms with E-state index in [2.05, 4.69) is 15.9 Å². The SMILES string of the molecule is OC(CCl)c1ccc(Br)c(F)c1. The monoisotopic (exact) mass is 252 g/mol. The van der Waals surface area contributed by atoms with Crippen LogP contribution < -0.4 is 0 Å². The molecular formula is C8H7BrClFO. The number of aliphatic hydroxyl groups is 1. The molecule has 0 spiro atoms. The molecule has 1 nitrogen and oxygen atoms in total. The van der Waals surface area contributed by atoms with Gasteiger partial charge in [0.25, 0.3) is 0 Å². The van der Waals surface area contributed by atoms with Gasteiger partial charge in [0, 0.05) is 0 Å². The summed E-state index contributed by atoms with van der Waals surface area (Å²) in [5.74, 6) is -0.321. The van der Waals surface area contributed by atoms with Crippen molar-refractivity contribution in [3.05, 3.63) is 34.1 Å². The molecule has 12 heavy (non-hydrogen) atoms. The van der Waals surface area contributed by atoms with Crippen molar-refractivity contribution in [2.24, 2.45) is 0 Å². The highest BCUT2D eigenvalue weighted by molar-refractivity contribution is 9.10. The molecule has 0 aromatic heterocycles. The quantitative estimate of drug-likeness (QED) is 0.804. The summed E-state index contributed by atoms with van der Waals surface area (Å²) in [6.07, 6.45) is -0.797. The van der Waals surface area contributed by atoms with E-state index in [0.717, 1.165) is 0 Å². The topological polar surface area (TPSA) is 20.2 Å². The number of aliphatic hydroxyl groups excluding tert-OH is 1. The van der Waals surface area contributed by atoms with Gasteiger partial charge in [-0.2, -0.15) is 0 Å². The van der Waals surface area contributed by atoms with Crippen molar-refractivity contribution in [2.75, 3.05) is 5.88 Å². The van der Waals surface area contributed by atoms with Crippen LogP contribution in [0, 0.1) is 5.82 Å². The van der Waals surface area contributed by atoms with Crippen LogP contribution in [0.15, 0.2) is 22.7 Å². The van der Waals surface area contributed by atoms with Crippen LogP contribution in [-0.2, 0) is 0 Å². The molecule has 1 N–H and O–H groups in total. The number of hydrogen-bond donors (Lipinski definition) is 1. The van der Waals surface area contributed by atoms with Crippen LogP contribution >= 0.6 is 27.5 Å². The highest BCUT2D eigenvalue weighted by Gasteiger charge is 2.07. The second-order valence-corrected chi connectivity index (χ2v) is 3.51. The second-order valence-electron chi connectivity index (χ2n) is 2.34. The predicted molar refractivity (Wildman–Crippen MR) is 49.8 cm³/mol. The minimum absolute atomic E-state index is 0.0705. The highest BCUT2D eigenvalue weighted by atomic mass is 79.9. The molecule has 0 aliphatic carbocycles. The average molecular weight is 253 g/mol. The molecule has 1 aromatic carbocycles. The molecular weight excluding hydrogens is 246 g/mol. The summed E-state index contributed by atoms with van der Waals surface area (Å²) in [5, 5.41) is 9.23. The van der Waals surface area contributed by atoms with Crippen molar-refractivity contribution in [1.82, 2.24) is 0 Å². The van der Waals surface area contributed by atoms with E-state index in [1.807, 2.05) is 0 Å². The molecule has 0 heterocycles. The van der Waals surface area contributed by atoms with Crippen LogP contribution in [0.2, 0.25) is 0 Å². The highest BCUT2D eigenvalue weighted by Crippen LogP contribution is 2.21. The van der Waals surface area contributed by atoms with E-state index in [1.165, 1.54) is 6.07 Å². The number of hydrogen-bond acceptors (Lipinski definition) is 1. The van der Waals surface area contributed by atoms with E-state index in [4.69, 9.17) is 11.6 Å². The largest absolute Gasteiger partial charge is 0.387 e. The van der Waals surface area contributed by atoms with E-state index in [-0.39, 0.29) is 5.88 Å². The number of alkyl halides is 1. The fourth-order valence-corrected chi connectivity index (χ4v) is 1.23. The Morgan fingerprint density at radius 1 is 1.58 bits per heavy atom. The van der Waals surface area contributed by atoms with Crippen molar-refractivity contribution < 1.29 is 9.50 Å². The van der Waals surface area contributed by atoms with E-state index >= 15 is 0 Å². The lowest BCUT2D eigenvalue weighted by molar-refractivity contribution is 0.202. The second kappa shape index (κ2) is 4.21. The molecule has 1 aromatic rings. The van der Waals surface area contributed by atoms with Crippen LogP contribution in [0.25, 0.3) is 0 Å². The molecule has 1 atom stereocenters. The molecule has 0 saturated carbocycles. The van der Waals surface area contributed by atoms with E-state index in [0.29, 0.717) is 10.0 Å². The van der Waals surface area contributed by atoms with Crippen LogP contribution in [-0.4, -0.2) is 11.0 Å². The van der Waals surface area contributed by atoms with Crippen molar-refractivity contribution in [3.8, 4) is 0 Å². The summed E-state index contributed by atoms with van der Waals surface area (Å²) >= 11 is 8.41. The molecule has 0 radical (unpaired) electrons. The third-order valence-corrected chi connectivity index (χ3v) is 2.41. The minimum Gasteiger partial charge on any atom is -0.387 e. The molecule has 0 aliphatic heterocycles. The van der Waals surface area contributed by atoms with Crippen LogP contribution in [0.5, 0.6) is 0 Å². The van der Waals surface area contributed by atoms with Crippen molar-refractivity contribution in [2.45, 2.75) is 6.10 Å². The molecule has 0 fully saturated rings. The van der Waals surface area contributed by atoms with Gasteiger partial charge in [-0.15, -0.1) is 11.6 Å². The number of halogens is 3. The third kappa shape index (κ3) is 2.19. The summed E-state index contributed by atoms with van der Waals surface area (Å²) in [7, 11) is 0. The Labute approximate surface area is 83.3 Å². The van der Waals surface area contributed by atoms with Gasteiger partial charge in [0.1, 0.15) is 5.82 Å². The number of rotatable bonds is 2. The van der Waals surface area contributed by atoms with E-state index in [9.17, 15) is 9.50 Å². The maximum Gasteiger partial charge on any atom is 0.137 e. The Balaban J connectivity index is 2.96. The normalized spacial score (nSPS) is 13.0. The first kappa shape index (κ1) is 9.96. The Morgan fingerprint density at radius 3 is 2.75 bits per heavy atom. The molecule has 1 unspecified atom stereocenters. The zero-order valence-corrected chi connectivity index (χ0v) is 8.44. The van der Waals surface area contributed by atoms with Gasteiger partial charge in [0.2, 0.25) is 0 Å². The van der Waals surface area contributed by atoms with Crippen LogP contribution in [0.1, 0.15) is 11.7 Å². The van der Waals surface area contributed by atoms with Gasteiger partial charge in [0.15, 0.2) is 0 Å². The molecule has 66 valence electrons. The van der Waals surface area contributed by atoms with Crippen molar-refractivity contribution >= 4 is 27.5 Å². The first-order valence-corrected chi connectivity index (χ1v) is 4.67. The first-order valence-electron chi connectivity index (χ1n) is 3.34. The first-order chi connectivity index (χ1) is 5.65. The smallest absolute Gasteiger partial charge is 0.137 e. The summed E-state index contributed by atoms with van der Waals surface area (Å²) in [6, 6.07) is 4.43. The molecule has 0 bridgehead atoms. The average Bonchev–Trinajstić information content (AvgIpc) is 2.08. The van der Waals surface area contributed by atoms with Gasteiger partial charge in [-0.3, -0.25) is 0 Å². The summed E-state index contributed by atoms with van der Waals surface area (Å²) in [5.41, 5.74) is 0.491. The van der Waals surface area contributed by atoms with Crippen LogP contribution in [0.4, 0.5) is 4.39 Å². The molecule has 0 aliphatic rings. The fraction of sp³-hybridized carbons (Fsp3) is 0.250. The summed E-state index contributed by atoms with van der Waals surface area (Å²) < 4.78 is 13.3. The maximum absolute atomic E-state index is 12.9. The minimum atomic E-state index is -0.797. The number of benzene rings is 1. The maximum atomic E-state index is 12.9. The van der Waals surface area contributed by atoms with Gasteiger partial charge in [-0.25, -0.2) is 4.39 Å². The third-order valence-electron chi connectivity index (χ3n) is 1.47. The molecule has 0 saturated heterocycles. The van der Waals surface area contributed by atoms with Gasteiger partial charge >= 0.3 is 0 Å². The van der Waals surface area contributed by atoms with Gasteiger partial charge in [-0.1, -0.05) is 6.07 Å². The lowest BCUT2D eigenvalue weighted by atomic mass is 10.1. The summed E-state index contributed by atoms with van der Waals surface area (Å²) in [6.45, 7) is 0. The standard InChI is InChI=1S/C8H7BrClFO/c9-6-2-1-5(3-7(6)11)8(12)4-10/h1-3,8,12H,4H2. The lowest BCUT2D eigenvalue weighted by Gasteiger charge is -2.06. The van der Waals surface area contributed by atoms with Gasteiger partial charge in [0.05, 0.1) is 16.5 Å². The van der Waals surface area contributed by atoms with Gasteiger partial charge < -0.3 is 5.11 Å². The Hall–Kier alpha value is -0.120. The van der Waals surface area contributed by atoms with Crippen molar-refractivity contribution in [3.63, 3.8) is 0 Å². The molecule has 0 amide bonds. The lowest BCUT2D eigenvalue weighted by Crippen LogP contribution is -1.98. The van der Waals surface area contributed by atoms with E-state index in [1.54, 1.807) is 12.1 Å². The zero-order chi connectivity index (χ0) is 9.14. The fourth-order valence-electron chi connectivity index (χ4n) is 0.809. The molecule has 1 rings (SSSR count). The van der Waals surface area contributed by atoms with Crippen molar-refractivity contribution in [1.29, 1.82) is 0 Å². The molecule has 4 heteroatoms. The Bertz CT molecular complexity index is 280. The Morgan fingerprint density at radius 2 is 2.25 bits per heavy atom. The predicted octanol–water partition coefficient (Wildman–Crippen LogP) is 2.86. The Kier molecular flexibility index (Phi) is 3.50. The zero-order valence-electron chi connectivity index (χ0n) is 6.10. The van der Waals surface area contributed by atoms with Crippen LogP contribution in [0.3, 0.4) is 0 Å². The van der Waals surface area contributed by atoms with Gasteiger partial charge in [-0.05, 0) is 33.6 Å². The van der Waals surface area contributed by atoms with E-state index < -0.39 is 11.9 Å².